The van der Waals surface area contributed by atoms with E-state index in [1.165, 1.54) is 0 Å². The number of benzene rings is 1. The third kappa shape index (κ3) is 5.13. The van der Waals surface area contributed by atoms with E-state index in [4.69, 9.17) is 0 Å². The molecular formula is C27H25N5. The number of allylic oxidation sites excluding steroid dienone is 5. The fourth-order valence-corrected chi connectivity index (χ4v) is 3.37. The fraction of sp³-hybridized carbons (Fsp3) is 0.111. The predicted molar refractivity (Wildman–Crippen MR) is 132 cm³/mol. The zero-order valence-electron chi connectivity index (χ0n) is 18.3. The summed E-state index contributed by atoms with van der Waals surface area (Å²) in [5.41, 5.74) is 6.86. The Hall–Kier alpha value is -4.12. The summed E-state index contributed by atoms with van der Waals surface area (Å²) < 4.78 is 0. The lowest BCUT2D eigenvalue weighted by atomic mass is 10.1. The number of anilines is 1. The standard InChI is InChI=1S/C27H25N5/c1-4-6-21(15-19(2)3)25-10-8-20(17-30-25)18-31-27-29-14-12-26(32-27)23-9-11-24-22(16-23)7-5-13-28-24/h4-17H,2,18H2,1,3H3,(H,29,31,32)/b6-4-,21-15+. The van der Waals surface area contributed by atoms with Gasteiger partial charge in [0.15, 0.2) is 0 Å². The van der Waals surface area contributed by atoms with E-state index in [1.54, 1.807) is 12.4 Å². The molecular weight excluding hydrogens is 394 g/mol. The molecule has 5 heteroatoms. The SMILES string of the molecule is C=C(C)/C=C(\C=C/C)c1ccc(CNc2nccc(-c3ccc4ncccc4c3)n2)cn1. The van der Waals surface area contributed by atoms with Crippen LogP contribution in [-0.2, 0) is 6.54 Å². The molecule has 32 heavy (non-hydrogen) atoms. The molecule has 0 fully saturated rings. The molecule has 158 valence electrons. The monoisotopic (exact) mass is 419 g/mol. The van der Waals surface area contributed by atoms with Gasteiger partial charge in [0.2, 0.25) is 5.95 Å². The topological polar surface area (TPSA) is 63.6 Å². The van der Waals surface area contributed by atoms with Crippen molar-refractivity contribution in [2.24, 2.45) is 0 Å². The summed E-state index contributed by atoms with van der Waals surface area (Å²) in [6.45, 7) is 8.52. The molecule has 4 rings (SSSR count). The normalized spacial score (nSPS) is 11.8. The van der Waals surface area contributed by atoms with Crippen molar-refractivity contribution in [2.45, 2.75) is 20.4 Å². The van der Waals surface area contributed by atoms with Gasteiger partial charge in [-0.15, -0.1) is 0 Å². The van der Waals surface area contributed by atoms with Gasteiger partial charge in [-0.25, -0.2) is 9.97 Å². The number of fused-ring (bicyclic) bond motifs is 1. The molecule has 5 nitrogen and oxygen atoms in total. The van der Waals surface area contributed by atoms with Crippen LogP contribution in [0.2, 0.25) is 0 Å². The van der Waals surface area contributed by atoms with Crippen LogP contribution in [0.3, 0.4) is 0 Å². The summed E-state index contributed by atoms with van der Waals surface area (Å²) in [6, 6.07) is 16.1. The van der Waals surface area contributed by atoms with Crippen LogP contribution in [0.1, 0.15) is 25.1 Å². The summed E-state index contributed by atoms with van der Waals surface area (Å²) in [4.78, 5) is 18.0. The number of nitrogens with one attached hydrogen (secondary N) is 1. The predicted octanol–water partition coefficient (Wildman–Crippen LogP) is 6.23. The molecule has 0 amide bonds. The zero-order valence-corrected chi connectivity index (χ0v) is 18.3. The number of hydrogen-bond donors (Lipinski definition) is 1. The average molecular weight is 420 g/mol. The van der Waals surface area contributed by atoms with E-state index < -0.39 is 0 Å². The molecule has 0 unspecified atom stereocenters. The highest BCUT2D eigenvalue weighted by atomic mass is 15.1. The lowest BCUT2D eigenvalue weighted by molar-refractivity contribution is 1.04. The van der Waals surface area contributed by atoms with Gasteiger partial charge in [0, 0.05) is 41.7 Å². The molecule has 0 radical (unpaired) electrons. The molecule has 3 heterocycles. The van der Waals surface area contributed by atoms with Gasteiger partial charge in [-0.1, -0.05) is 48.6 Å². The van der Waals surface area contributed by atoms with Crippen molar-refractivity contribution in [1.82, 2.24) is 19.9 Å². The Bertz CT molecular complexity index is 1300. The van der Waals surface area contributed by atoms with Gasteiger partial charge in [0.1, 0.15) is 0 Å². The molecule has 0 aliphatic heterocycles. The molecule has 0 atom stereocenters. The second kappa shape index (κ2) is 9.79. The Morgan fingerprint density at radius 3 is 2.72 bits per heavy atom. The van der Waals surface area contributed by atoms with Crippen molar-refractivity contribution >= 4 is 22.4 Å². The van der Waals surface area contributed by atoms with E-state index in [2.05, 4.69) is 50.0 Å². The Morgan fingerprint density at radius 1 is 1.03 bits per heavy atom. The van der Waals surface area contributed by atoms with Crippen molar-refractivity contribution in [2.75, 3.05) is 5.32 Å². The highest BCUT2D eigenvalue weighted by Crippen LogP contribution is 2.22. The van der Waals surface area contributed by atoms with Gasteiger partial charge in [-0.2, -0.15) is 0 Å². The molecule has 0 aliphatic rings. The van der Waals surface area contributed by atoms with Crippen molar-refractivity contribution in [3.63, 3.8) is 0 Å². The van der Waals surface area contributed by atoms with Gasteiger partial charge in [-0.3, -0.25) is 9.97 Å². The van der Waals surface area contributed by atoms with Crippen molar-refractivity contribution in [3.05, 3.63) is 109 Å². The maximum absolute atomic E-state index is 4.68. The second-order valence-electron chi connectivity index (χ2n) is 7.53. The summed E-state index contributed by atoms with van der Waals surface area (Å²) in [6.07, 6.45) is 11.5. The van der Waals surface area contributed by atoms with Crippen LogP contribution in [0.4, 0.5) is 5.95 Å². The summed E-state index contributed by atoms with van der Waals surface area (Å²) >= 11 is 0. The van der Waals surface area contributed by atoms with Gasteiger partial charge in [0.25, 0.3) is 0 Å². The van der Waals surface area contributed by atoms with Crippen LogP contribution >= 0.6 is 0 Å². The maximum atomic E-state index is 4.68. The second-order valence-corrected chi connectivity index (χ2v) is 7.53. The van der Waals surface area contributed by atoms with Crippen molar-refractivity contribution in [3.8, 4) is 11.3 Å². The minimum absolute atomic E-state index is 0.578. The van der Waals surface area contributed by atoms with Gasteiger partial charge in [-0.05, 0) is 49.7 Å². The molecule has 3 aromatic heterocycles. The molecule has 0 bridgehead atoms. The first kappa shape index (κ1) is 21.1. The van der Waals surface area contributed by atoms with Gasteiger partial charge in [0.05, 0.1) is 16.9 Å². The summed E-state index contributed by atoms with van der Waals surface area (Å²) in [5, 5.41) is 4.38. The minimum Gasteiger partial charge on any atom is -0.350 e. The Kier molecular flexibility index (Phi) is 6.46. The first-order valence-corrected chi connectivity index (χ1v) is 10.5. The third-order valence-electron chi connectivity index (χ3n) is 4.87. The number of aromatic nitrogens is 4. The third-order valence-corrected chi connectivity index (χ3v) is 4.87. The van der Waals surface area contributed by atoms with Crippen molar-refractivity contribution < 1.29 is 0 Å². The summed E-state index contributed by atoms with van der Waals surface area (Å²) in [5.74, 6) is 0.578. The number of hydrogen-bond acceptors (Lipinski definition) is 5. The van der Waals surface area contributed by atoms with E-state index in [-0.39, 0.29) is 0 Å². The average Bonchev–Trinajstić information content (AvgIpc) is 2.82. The Balaban J connectivity index is 1.48. The smallest absolute Gasteiger partial charge is 0.223 e. The van der Waals surface area contributed by atoms with Gasteiger partial charge >= 0.3 is 0 Å². The zero-order chi connectivity index (χ0) is 22.3. The number of nitrogens with zero attached hydrogens (tertiary/aromatic N) is 4. The van der Waals surface area contributed by atoms with Crippen LogP contribution < -0.4 is 5.32 Å². The van der Waals surface area contributed by atoms with Crippen LogP contribution in [0.15, 0.2) is 97.5 Å². The summed E-state index contributed by atoms with van der Waals surface area (Å²) in [7, 11) is 0. The van der Waals surface area contributed by atoms with Crippen LogP contribution in [0, 0.1) is 0 Å². The maximum Gasteiger partial charge on any atom is 0.223 e. The molecule has 0 aliphatic carbocycles. The first-order chi connectivity index (χ1) is 15.6. The van der Waals surface area contributed by atoms with Crippen LogP contribution in [0.25, 0.3) is 27.7 Å². The van der Waals surface area contributed by atoms with E-state index in [0.29, 0.717) is 12.5 Å². The Labute approximate surface area is 188 Å². The molecule has 4 aromatic rings. The first-order valence-electron chi connectivity index (χ1n) is 10.5. The highest BCUT2D eigenvalue weighted by Gasteiger charge is 2.05. The van der Waals surface area contributed by atoms with Crippen LogP contribution in [0.5, 0.6) is 0 Å². The number of pyridine rings is 2. The molecule has 1 N–H and O–H groups in total. The van der Waals surface area contributed by atoms with E-state index in [9.17, 15) is 0 Å². The molecule has 0 spiro atoms. The van der Waals surface area contributed by atoms with E-state index in [1.807, 2.05) is 68.6 Å². The van der Waals surface area contributed by atoms with E-state index in [0.717, 1.165) is 44.6 Å². The molecule has 0 saturated heterocycles. The van der Waals surface area contributed by atoms with E-state index >= 15 is 0 Å². The quantitative estimate of drug-likeness (QED) is 0.360. The lowest BCUT2D eigenvalue weighted by Gasteiger charge is -2.08. The molecule has 0 saturated carbocycles. The minimum atomic E-state index is 0.578. The van der Waals surface area contributed by atoms with Crippen LogP contribution in [-0.4, -0.2) is 19.9 Å². The van der Waals surface area contributed by atoms with Gasteiger partial charge < -0.3 is 5.32 Å². The highest BCUT2D eigenvalue weighted by molar-refractivity contribution is 5.83. The largest absolute Gasteiger partial charge is 0.350 e. The number of rotatable bonds is 7. The van der Waals surface area contributed by atoms with Crippen molar-refractivity contribution in [1.29, 1.82) is 0 Å². The Morgan fingerprint density at radius 2 is 1.94 bits per heavy atom. The fourth-order valence-electron chi connectivity index (χ4n) is 3.37. The lowest BCUT2D eigenvalue weighted by Crippen LogP contribution is -2.04. The molecule has 1 aromatic carbocycles.